The molecular weight excluding hydrogens is 210 g/mol. The van der Waals surface area contributed by atoms with E-state index in [1.165, 1.54) is 0 Å². The van der Waals surface area contributed by atoms with Gasteiger partial charge in [0, 0.05) is 0 Å². The first-order valence-corrected chi connectivity index (χ1v) is 6.39. The van der Waals surface area contributed by atoms with Gasteiger partial charge in [0.15, 0.2) is 0 Å². The lowest BCUT2D eigenvalue weighted by molar-refractivity contribution is -0.157. The zero-order valence-corrected chi connectivity index (χ0v) is 10.6. The summed E-state index contributed by atoms with van der Waals surface area (Å²) in [7, 11) is 0. The quantitative estimate of drug-likeness (QED) is 0.580. The average molecular weight is 229 g/mol. The maximum Gasteiger partial charge on any atom is 0.324 e. The molecule has 15 heavy (non-hydrogen) atoms. The summed E-state index contributed by atoms with van der Waals surface area (Å²) in [5.41, 5.74) is -0.408. The highest BCUT2D eigenvalue weighted by molar-refractivity contribution is 7.99. The Morgan fingerprint density at radius 2 is 2.20 bits per heavy atom. The Bertz CT molecular complexity index is 258. The van der Waals surface area contributed by atoms with Crippen LogP contribution < -0.4 is 5.32 Å². The van der Waals surface area contributed by atoms with Crippen molar-refractivity contribution in [2.45, 2.75) is 44.2 Å². The molecule has 0 saturated heterocycles. The Hall–Kier alpha value is -0.480. The molecule has 0 aromatic carbocycles. The summed E-state index contributed by atoms with van der Waals surface area (Å²) < 4.78 is 5.33. The lowest BCUT2D eigenvalue weighted by Gasteiger charge is -2.28. The fourth-order valence-corrected chi connectivity index (χ4v) is 1.91. The van der Waals surface area contributed by atoms with Gasteiger partial charge in [0.1, 0.15) is 11.6 Å². The van der Waals surface area contributed by atoms with E-state index < -0.39 is 5.60 Å². The maximum absolute atomic E-state index is 11.7. The van der Waals surface area contributed by atoms with Crippen molar-refractivity contribution in [2.24, 2.45) is 0 Å². The molecule has 0 fully saturated rings. The van der Waals surface area contributed by atoms with Gasteiger partial charge in [-0.05, 0) is 33.4 Å². The Kier molecular flexibility index (Phi) is 4.22. The Morgan fingerprint density at radius 3 is 2.73 bits per heavy atom. The summed E-state index contributed by atoms with van der Waals surface area (Å²) in [6.07, 6.45) is 6.84. The molecule has 1 aliphatic heterocycles. The summed E-state index contributed by atoms with van der Waals surface area (Å²) in [6, 6.07) is -0.202. The minimum absolute atomic E-state index is 0.161. The molecule has 1 rings (SSSR count). The van der Waals surface area contributed by atoms with E-state index in [2.05, 4.69) is 11.4 Å². The van der Waals surface area contributed by atoms with Crippen molar-refractivity contribution in [1.82, 2.24) is 5.32 Å². The van der Waals surface area contributed by atoms with Gasteiger partial charge in [-0.3, -0.25) is 10.1 Å². The highest BCUT2D eigenvalue weighted by atomic mass is 32.2. The lowest BCUT2D eigenvalue weighted by Crippen LogP contribution is -2.45. The average Bonchev–Trinajstić information content (AvgIpc) is 2.15. The van der Waals surface area contributed by atoms with E-state index in [1.54, 1.807) is 11.8 Å². The molecule has 0 aromatic heterocycles. The third-order valence-corrected chi connectivity index (χ3v) is 2.79. The Labute approximate surface area is 95.6 Å². The molecule has 0 aromatic rings. The molecule has 0 amide bonds. The molecular formula is C11H19NO2S. The van der Waals surface area contributed by atoms with Crippen LogP contribution >= 0.6 is 11.8 Å². The van der Waals surface area contributed by atoms with Gasteiger partial charge in [0.2, 0.25) is 0 Å². The molecule has 0 radical (unpaired) electrons. The van der Waals surface area contributed by atoms with E-state index in [0.29, 0.717) is 6.42 Å². The monoisotopic (exact) mass is 229 g/mol. The second-order valence-electron chi connectivity index (χ2n) is 4.57. The summed E-state index contributed by atoms with van der Waals surface area (Å²) in [5, 5.41) is 3.45. The van der Waals surface area contributed by atoms with E-state index in [9.17, 15) is 4.79 Å². The Morgan fingerprint density at radius 1 is 1.53 bits per heavy atom. The summed E-state index contributed by atoms with van der Waals surface area (Å²) >= 11 is 1.68. The lowest BCUT2D eigenvalue weighted by atomic mass is 10.1. The summed E-state index contributed by atoms with van der Waals surface area (Å²) in [4.78, 5) is 11.7. The second kappa shape index (κ2) is 5.03. The largest absolute Gasteiger partial charge is 0.459 e. The van der Waals surface area contributed by atoms with Crippen LogP contribution in [0.3, 0.4) is 0 Å². The van der Waals surface area contributed by atoms with Gasteiger partial charge in [-0.2, -0.15) is 0 Å². The molecule has 1 heterocycles. The number of carbonyl (C=O) groups is 1. The van der Waals surface area contributed by atoms with Crippen molar-refractivity contribution in [3.63, 3.8) is 0 Å². The maximum atomic E-state index is 11.7. The molecule has 3 nitrogen and oxygen atoms in total. The van der Waals surface area contributed by atoms with E-state index in [4.69, 9.17) is 4.74 Å². The van der Waals surface area contributed by atoms with Crippen LogP contribution in [0.2, 0.25) is 0 Å². The topological polar surface area (TPSA) is 38.3 Å². The smallest absolute Gasteiger partial charge is 0.324 e. The van der Waals surface area contributed by atoms with Gasteiger partial charge in [-0.25, -0.2) is 0 Å². The highest BCUT2D eigenvalue weighted by Gasteiger charge is 2.27. The molecule has 0 spiro atoms. The van der Waals surface area contributed by atoms with Crippen LogP contribution in [0.15, 0.2) is 12.2 Å². The number of carbonyl (C=O) groups excluding carboxylic acids is 1. The van der Waals surface area contributed by atoms with Crippen molar-refractivity contribution in [1.29, 1.82) is 0 Å². The molecule has 0 bridgehead atoms. The predicted octanol–water partition coefficient (Wildman–Crippen LogP) is 1.94. The molecule has 1 N–H and O–H groups in total. The van der Waals surface area contributed by atoms with Crippen molar-refractivity contribution < 1.29 is 9.53 Å². The first kappa shape index (κ1) is 12.6. The van der Waals surface area contributed by atoms with Crippen molar-refractivity contribution in [3.8, 4) is 0 Å². The molecule has 0 aliphatic carbocycles. The number of thioether (sulfide) groups is 1. The van der Waals surface area contributed by atoms with Gasteiger partial charge in [0.05, 0.1) is 5.37 Å². The third kappa shape index (κ3) is 4.26. The van der Waals surface area contributed by atoms with Crippen LogP contribution in [0.25, 0.3) is 0 Å². The Balaban J connectivity index is 2.51. The second-order valence-corrected chi connectivity index (χ2v) is 5.55. The fourth-order valence-electron chi connectivity index (χ4n) is 1.34. The number of nitrogens with one attached hydrogen (secondary N) is 1. The highest BCUT2D eigenvalue weighted by Crippen LogP contribution is 2.16. The molecule has 2 atom stereocenters. The third-order valence-electron chi connectivity index (χ3n) is 1.99. The van der Waals surface area contributed by atoms with Crippen molar-refractivity contribution >= 4 is 17.7 Å². The normalized spacial score (nSPS) is 26.4. The molecule has 4 heteroatoms. The van der Waals surface area contributed by atoms with E-state index in [0.717, 1.165) is 0 Å². The van der Waals surface area contributed by atoms with Gasteiger partial charge in [-0.1, -0.05) is 12.2 Å². The molecule has 86 valence electrons. The number of hydrogen-bond donors (Lipinski definition) is 1. The standard InChI is InChI=1S/C11H19NO2S/c1-11(2,3)14-10(13)8-6-5-7-9(12-8)15-4/h5,7-9,12H,6H2,1-4H3. The zero-order chi connectivity index (χ0) is 11.5. The van der Waals surface area contributed by atoms with Gasteiger partial charge in [-0.15, -0.1) is 11.8 Å². The first-order valence-electron chi connectivity index (χ1n) is 5.11. The molecule has 0 saturated carbocycles. The number of rotatable bonds is 2. The minimum atomic E-state index is -0.408. The van der Waals surface area contributed by atoms with E-state index >= 15 is 0 Å². The summed E-state index contributed by atoms with van der Waals surface area (Å²) in [5.74, 6) is -0.161. The number of ether oxygens (including phenoxy) is 1. The van der Waals surface area contributed by atoms with Crippen LogP contribution in [-0.4, -0.2) is 29.2 Å². The zero-order valence-electron chi connectivity index (χ0n) is 9.74. The van der Waals surface area contributed by atoms with Crippen LogP contribution in [0.4, 0.5) is 0 Å². The fraction of sp³-hybridized carbons (Fsp3) is 0.727. The van der Waals surface area contributed by atoms with Gasteiger partial charge >= 0.3 is 5.97 Å². The van der Waals surface area contributed by atoms with E-state index in [1.807, 2.05) is 33.1 Å². The van der Waals surface area contributed by atoms with Gasteiger partial charge in [0.25, 0.3) is 0 Å². The van der Waals surface area contributed by atoms with Crippen LogP contribution in [0.5, 0.6) is 0 Å². The van der Waals surface area contributed by atoms with Crippen LogP contribution in [-0.2, 0) is 9.53 Å². The van der Waals surface area contributed by atoms with Crippen molar-refractivity contribution in [3.05, 3.63) is 12.2 Å². The van der Waals surface area contributed by atoms with Crippen molar-refractivity contribution in [2.75, 3.05) is 6.26 Å². The van der Waals surface area contributed by atoms with Gasteiger partial charge < -0.3 is 4.74 Å². The minimum Gasteiger partial charge on any atom is -0.459 e. The molecule has 1 aliphatic rings. The van der Waals surface area contributed by atoms with E-state index in [-0.39, 0.29) is 17.4 Å². The van der Waals surface area contributed by atoms with Crippen LogP contribution in [0, 0.1) is 0 Å². The number of hydrogen-bond acceptors (Lipinski definition) is 4. The van der Waals surface area contributed by atoms with Crippen LogP contribution in [0.1, 0.15) is 27.2 Å². The SMILES string of the molecule is CSC1C=CCC(C(=O)OC(C)(C)C)N1. The molecule has 2 unspecified atom stereocenters. The first-order chi connectivity index (χ1) is 6.92. The summed E-state index contributed by atoms with van der Waals surface area (Å²) in [6.45, 7) is 5.65. The number of esters is 1. The predicted molar refractivity (Wildman–Crippen MR) is 63.8 cm³/mol.